The fourth-order valence-corrected chi connectivity index (χ4v) is 3.06. The second-order valence-corrected chi connectivity index (χ2v) is 6.45. The average Bonchev–Trinajstić information content (AvgIpc) is 3.11. The number of hydrogen-bond acceptors (Lipinski definition) is 3. The molecule has 0 saturated heterocycles. The number of rotatable bonds is 5. The second-order valence-electron chi connectivity index (χ2n) is 6.45. The molecule has 4 aromatic rings. The first-order chi connectivity index (χ1) is 13.2. The molecule has 1 aromatic heterocycles. The van der Waals surface area contributed by atoms with E-state index in [1.54, 1.807) is 6.21 Å². The highest BCUT2D eigenvalue weighted by molar-refractivity contribution is 5.99. The number of para-hydroxylation sites is 1. The average molecular weight is 356 g/mol. The van der Waals surface area contributed by atoms with Gasteiger partial charge in [0.2, 0.25) is 0 Å². The highest BCUT2D eigenvalue weighted by Crippen LogP contribution is 2.19. The Balaban J connectivity index is 1.40. The van der Waals surface area contributed by atoms with Crippen LogP contribution in [0.1, 0.15) is 12.5 Å². The number of hydrogen-bond donors (Lipinski definition) is 3. The molecule has 0 fully saturated rings. The molecule has 0 saturated carbocycles. The fourth-order valence-electron chi connectivity index (χ4n) is 3.06. The lowest BCUT2D eigenvalue weighted by Crippen LogP contribution is -2.34. The van der Waals surface area contributed by atoms with Gasteiger partial charge in [-0.15, -0.1) is 0 Å². The third-order valence-electron chi connectivity index (χ3n) is 4.53. The first kappa shape index (κ1) is 16.8. The zero-order valence-electron chi connectivity index (χ0n) is 14.9. The van der Waals surface area contributed by atoms with Crippen molar-refractivity contribution in [2.75, 3.05) is 5.32 Å². The SMILES string of the molecule is CC(Nc1ccc2ccccc2c1)C(=O)NN=Cc1c[nH]c2ccccc12. The van der Waals surface area contributed by atoms with Crippen LogP contribution in [0, 0.1) is 0 Å². The van der Waals surface area contributed by atoms with Gasteiger partial charge in [-0.05, 0) is 35.9 Å². The minimum absolute atomic E-state index is 0.195. The van der Waals surface area contributed by atoms with E-state index in [0.29, 0.717) is 0 Å². The summed E-state index contributed by atoms with van der Waals surface area (Å²) >= 11 is 0. The van der Waals surface area contributed by atoms with Gasteiger partial charge in [0.25, 0.3) is 5.91 Å². The quantitative estimate of drug-likeness (QED) is 0.369. The maximum atomic E-state index is 12.3. The number of hydrazone groups is 1. The van der Waals surface area contributed by atoms with Gasteiger partial charge in [0.05, 0.1) is 6.21 Å². The van der Waals surface area contributed by atoms with Gasteiger partial charge in [-0.1, -0.05) is 48.5 Å². The van der Waals surface area contributed by atoms with Crippen molar-refractivity contribution in [3.8, 4) is 0 Å². The van der Waals surface area contributed by atoms with Crippen LogP contribution in [0.15, 0.2) is 78.0 Å². The van der Waals surface area contributed by atoms with Gasteiger partial charge in [-0.3, -0.25) is 4.79 Å². The van der Waals surface area contributed by atoms with Gasteiger partial charge >= 0.3 is 0 Å². The Kier molecular flexibility index (Phi) is 4.58. The van der Waals surface area contributed by atoms with E-state index in [1.807, 2.05) is 67.7 Å². The topological polar surface area (TPSA) is 69.3 Å². The summed E-state index contributed by atoms with van der Waals surface area (Å²) in [5, 5.41) is 10.7. The Bertz CT molecular complexity index is 1130. The molecule has 27 heavy (non-hydrogen) atoms. The number of fused-ring (bicyclic) bond motifs is 2. The van der Waals surface area contributed by atoms with Crippen LogP contribution in [0.2, 0.25) is 0 Å². The summed E-state index contributed by atoms with van der Waals surface area (Å²) in [6.45, 7) is 1.81. The number of H-pyrrole nitrogens is 1. The molecule has 0 bridgehead atoms. The van der Waals surface area contributed by atoms with Crippen molar-refractivity contribution < 1.29 is 4.79 Å². The number of nitrogens with zero attached hydrogens (tertiary/aromatic N) is 1. The molecule has 134 valence electrons. The maximum absolute atomic E-state index is 12.3. The van der Waals surface area contributed by atoms with E-state index >= 15 is 0 Å². The molecule has 3 N–H and O–H groups in total. The minimum Gasteiger partial charge on any atom is -0.374 e. The standard InChI is InChI=1S/C22H20N4O/c1-15(25-19-11-10-16-6-2-3-7-17(16)12-19)22(27)26-24-14-18-13-23-21-9-5-4-8-20(18)21/h2-15,23,25H,1H3,(H,26,27). The number of carbonyl (C=O) groups excluding carboxylic acids is 1. The molecule has 1 amide bonds. The number of carbonyl (C=O) groups is 1. The number of amides is 1. The second kappa shape index (κ2) is 7.33. The predicted octanol–water partition coefficient (Wildman–Crippen LogP) is 4.27. The molecule has 0 radical (unpaired) electrons. The van der Waals surface area contributed by atoms with Crippen molar-refractivity contribution >= 4 is 39.5 Å². The molecule has 5 nitrogen and oxygen atoms in total. The van der Waals surface area contributed by atoms with E-state index < -0.39 is 6.04 Å². The molecule has 4 rings (SSSR count). The number of aromatic amines is 1. The molecule has 1 unspecified atom stereocenters. The summed E-state index contributed by atoms with van der Waals surface area (Å²) in [5.74, 6) is -0.195. The number of benzene rings is 3. The lowest BCUT2D eigenvalue weighted by Gasteiger charge is -2.14. The number of anilines is 1. The summed E-state index contributed by atoms with van der Waals surface area (Å²) in [7, 11) is 0. The molecule has 5 heteroatoms. The number of nitrogens with one attached hydrogen (secondary N) is 3. The Morgan fingerprint density at radius 3 is 2.70 bits per heavy atom. The van der Waals surface area contributed by atoms with Gasteiger partial charge < -0.3 is 10.3 Å². The van der Waals surface area contributed by atoms with Crippen LogP contribution in [0.25, 0.3) is 21.7 Å². The third-order valence-corrected chi connectivity index (χ3v) is 4.53. The fraction of sp³-hybridized carbons (Fsp3) is 0.0909. The monoisotopic (exact) mass is 356 g/mol. The molecule has 0 aliphatic rings. The van der Waals surface area contributed by atoms with E-state index in [2.05, 4.69) is 33.0 Å². The van der Waals surface area contributed by atoms with E-state index in [4.69, 9.17) is 0 Å². The smallest absolute Gasteiger partial charge is 0.262 e. The minimum atomic E-state index is -0.411. The van der Waals surface area contributed by atoms with Gasteiger partial charge in [-0.2, -0.15) is 5.10 Å². The first-order valence-electron chi connectivity index (χ1n) is 8.85. The lowest BCUT2D eigenvalue weighted by atomic mass is 10.1. The molecule has 0 spiro atoms. The van der Waals surface area contributed by atoms with Crippen LogP contribution < -0.4 is 10.7 Å². The predicted molar refractivity (Wildman–Crippen MR) is 111 cm³/mol. The Morgan fingerprint density at radius 2 is 1.81 bits per heavy atom. The summed E-state index contributed by atoms with van der Waals surface area (Å²) in [4.78, 5) is 15.5. The van der Waals surface area contributed by atoms with Crippen molar-refractivity contribution in [1.29, 1.82) is 0 Å². The molecule has 3 aromatic carbocycles. The first-order valence-corrected chi connectivity index (χ1v) is 8.85. The largest absolute Gasteiger partial charge is 0.374 e. The number of aromatic nitrogens is 1. The summed E-state index contributed by atoms with van der Waals surface area (Å²) in [6, 6.07) is 21.7. The maximum Gasteiger partial charge on any atom is 0.262 e. The Labute approximate surface area is 157 Å². The molecular formula is C22H20N4O. The Hall–Kier alpha value is -3.60. The highest BCUT2D eigenvalue weighted by atomic mass is 16.2. The molecule has 0 aliphatic carbocycles. The third kappa shape index (κ3) is 3.67. The van der Waals surface area contributed by atoms with E-state index in [0.717, 1.165) is 27.5 Å². The highest BCUT2D eigenvalue weighted by Gasteiger charge is 2.12. The Morgan fingerprint density at radius 1 is 1.04 bits per heavy atom. The van der Waals surface area contributed by atoms with E-state index in [1.165, 1.54) is 5.39 Å². The summed E-state index contributed by atoms with van der Waals surface area (Å²) in [5.41, 5.74) is 5.47. The molecule has 0 aliphatic heterocycles. The van der Waals surface area contributed by atoms with Gasteiger partial charge in [-0.25, -0.2) is 5.43 Å². The van der Waals surface area contributed by atoms with Crippen molar-refractivity contribution in [3.63, 3.8) is 0 Å². The van der Waals surface area contributed by atoms with Gasteiger partial charge in [0, 0.05) is 28.4 Å². The zero-order chi connectivity index (χ0) is 18.6. The van der Waals surface area contributed by atoms with E-state index in [-0.39, 0.29) is 5.91 Å². The van der Waals surface area contributed by atoms with Crippen molar-refractivity contribution in [2.45, 2.75) is 13.0 Å². The van der Waals surface area contributed by atoms with Crippen molar-refractivity contribution in [3.05, 3.63) is 78.5 Å². The normalized spacial score (nSPS) is 12.5. The molecule has 1 atom stereocenters. The van der Waals surface area contributed by atoms with Crippen LogP contribution in [-0.4, -0.2) is 23.1 Å². The zero-order valence-corrected chi connectivity index (χ0v) is 14.9. The molecular weight excluding hydrogens is 336 g/mol. The van der Waals surface area contributed by atoms with Gasteiger partial charge in [0.1, 0.15) is 6.04 Å². The summed E-state index contributed by atoms with van der Waals surface area (Å²) < 4.78 is 0. The van der Waals surface area contributed by atoms with Crippen LogP contribution in [-0.2, 0) is 4.79 Å². The lowest BCUT2D eigenvalue weighted by molar-refractivity contribution is -0.121. The van der Waals surface area contributed by atoms with Crippen LogP contribution in [0.5, 0.6) is 0 Å². The van der Waals surface area contributed by atoms with Crippen molar-refractivity contribution in [2.24, 2.45) is 5.10 Å². The van der Waals surface area contributed by atoms with E-state index in [9.17, 15) is 4.79 Å². The van der Waals surface area contributed by atoms with Crippen LogP contribution >= 0.6 is 0 Å². The van der Waals surface area contributed by atoms with Crippen LogP contribution in [0.4, 0.5) is 5.69 Å². The van der Waals surface area contributed by atoms with Crippen molar-refractivity contribution in [1.82, 2.24) is 10.4 Å². The summed E-state index contributed by atoms with van der Waals surface area (Å²) in [6.07, 6.45) is 3.52. The molecule has 1 heterocycles. The van der Waals surface area contributed by atoms with Crippen LogP contribution in [0.3, 0.4) is 0 Å². The van der Waals surface area contributed by atoms with Gasteiger partial charge in [0.15, 0.2) is 0 Å².